The molecule has 23 heavy (non-hydrogen) atoms. The lowest BCUT2D eigenvalue weighted by Gasteiger charge is -1.99. The number of H-pyrrole nitrogens is 1. The SMILES string of the molecule is O=C(N/N=C/c1cccc(Cl)c1Cl)c1cc(-c2cccs2)[nH]n1. The van der Waals surface area contributed by atoms with Crippen molar-refractivity contribution >= 4 is 46.7 Å². The van der Waals surface area contributed by atoms with E-state index in [1.54, 1.807) is 35.6 Å². The first-order valence-electron chi connectivity index (χ1n) is 6.52. The lowest BCUT2D eigenvalue weighted by Crippen LogP contribution is -2.18. The summed E-state index contributed by atoms with van der Waals surface area (Å²) in [5.41, 5.74) is 4.05. The molecule has 0 saturated carbocycles. The van der Waals surface area contributed by atoms with E-state index in [0.29, 0.717) is 15.6 Å². The number of hydrazone groups is 1. The monoisotopic (exact) mass is 364 g/mol. The van der Waals surface area contributed by atoms with Gasteiger partial charge in [0.25, 0.3) is 5.91 Å². The molecular formula is C15H10Cl2N4OS. The van der Waals surface area contributed by atoms with Gasteiger partial charge in [-0.1, -0.05) is 41.4 Å². The van der Waals surface area contributed by atoms with Crippen LogP contribution in [0.15, 0.2) is 46.9 Å². The summed E-state index contributed by atoms with van der Waals surface area (Å²) in [6, 6.07) is 10.7. The lowest BCUT2D eigenvalue weighted by molar-refractivity contribution is 0.0950. The minimum absolute atomic E-state index is 0.253. The second-order valence-electron chi connectivity index (χ2n) is 4.49. The van der Waals surface area contributed by atoms with Gasteiger partial charge in [0.15, 0.2) is 5.69 Å². The maximum absolute atomic E-state index is 12.0. The first-order valence-corrected chi connectivity index (χ1v) is 8.15. The van der Waals surface area contributed by atoms with Crippen LogP contribution >= 0.6 is 34.5 Å². The number of nitrogens with one attached hydrogen (secondary N) is 2. The highest BCUT2D eigenvalue weighted by molar-refractivity contribution is 7.13. The van der Waals surface area contributed by atoms with E-state index in [4.69, 9.17) is 23.2 Å². The standard InChI is InChI=1S/C15H10Cl2N4OS/c16-10-4-1-3-9(14(10)17)8-18-21-15(22)12-7-11(19-20-12)13-5-2-6-23-13/h1-8H,(H,19,20)(H,21,22)/b18-8+. The number of nitrogens with zero attached hydrogens (tertiary/aromatic N) is 2. The van der Waals surface area contributed by atoms with E-state index < -0.39 is 5.91 Å². The van der Waals surface area contributed by atoms with Crippen LogP contribution < -0.4 is 5.43 Å². The third-order valence-corrected chi connectivity index (χ3v) is 4.68. The third kappa shape index (κ3) is 3.61. The zero-order valence-corrected chi connectivity index (χ0v) is 13.9. The van der Waals surface area contributed by atoms with E-state index >= 15 is 0 Å². The van der Waals surface area contributed by atoms with Crippen LogP contribution in [-0.4, -0.2) is 22.3 Å². The summed E-state index contributed by atoms with van der Waals surface area (Å²) in [6.45, 7) is 0. The minimum Gasteiger partial charge on any atom is -0.276 e. The molecule has 1 aromatic carbocycles. The molecule has 8 heteroatoms. The molecule has 3 rings (SSSR count). The van der Waals surface area contributed by atoms with Gasteiger partial charge in [-0.2, -0.15) is 10.2 Å². The molecule has 0 bridgehead atoms. The van der Waals surface area contributed by atoms with E-state index in [2.05, 4.69) is 20.7 Å². The third-order valence-electron chi connectivity index (χ3n) is 2.95. The summed E-state index contributed by atoms with van der Waals surface area (Å²) in [5, 5.41) is 13.4. The summed E-state index contributed by atoms with van der Waals surface area (Å²) >= 11 is 13.5. The number of carbonyl (C=O) groups is 1. The molecule has 2 N–H and O–H groups in total. The zero-order chi connectivity index (χ0) is 16.2. The number of amides is 1. The molecule has 2 heterocycles. The van der Waals surface area contributed by atoms with E-state index in [1.165, 1.54) is 6.21 Å². The highest BCUT2D eigenvalue weighted by Gasteiger charge is 2.11. The predicted molar refractivity (Wildman–Crippen MR) is 93.4 cm³/mol. The maximum Gasteiger partial charge on any atom is 0.291 e. The Hall–Kier alpha value is -2.15. The van der Waals surface area contributed by atoms with Gasteiger partial charge >= 0.3 is 0 Å². The van der Waals surface area contributed by atoms with Crippen LogP contribution in [0, 0.1) is 0 Å². The fraction of sp³-hybridized carbons (Fsp3) is 0. The van der Waals surface area contributed by atoms with Gasteiger partial charge in [0, 0.05) is 5.56 Å². The predicted octanol–water partition coefficient (Wildman–Crippen LogP) is 4.21. The van der Waals surface area contributed by atoms with Gasteiger partial charge in [-0.25, -0.2) is 5.43 Å². The topological polar surface area (TPSA) is 70.1 Å². The summed E-state index contributed by atoms with van der Waals surface area (Å²) in [5.74, 6) is -0.418. The molecule has 0 atom stereocenters. The molecular weight excluding hydrogens is 355 g/mol. The zero-order valence-electron chi connectivity index (χ0n) is 11.6. The Morgan fingerprint density at radius 1 is 1.30 bits per heavy atom. The number of thiophene rings is 1. The Morgan fingerprint density at radius 3 is 2.96 bits per heavy atom. The molecule has 0 fully saturated rings. The second kappa shape index (κ2) is 6.95. The molecule has 116 valence electrons. The van der Waals surface area contributed by atoms with Crippen molar-refractivity contribution in [2.75, 3.05) is 0 Å². The van der Waals surface area contributed by atoms with Gasteiger partial charge in [0.2, 0.25) is 0 Å². The van der Waals surface area contributed by atoms with Crippen molar-refractivity contribution in [1.82, 2.24) is 15.6 Å². The molecule has 3 aromatic rings. The molecule has 5 nitrogen and oxygen atoms in total. The highest BCUT2D eigenvalue weighted by Crippen LogP contribution is 2.24. The van der Waals surface area contributed by atoms with Gasteiger partial charge in [-0.3, -0.25) is 9.89 Å². The summed E-state index contributed by atoms with van der Waals surface area (Å²) in [7, 11) is 0. The molecule has 0 aliphatic carbocycles. The van der Waals surface area contributed by atoms with Crippen molar-refractivity contribution in [2.45, 2.75) is 0 Å². The largest absolute Gasteiger partial charge is 0.291 e. The molecule has 0 unspecified atom stereocenters. The van der Waals surface area contributed by atoms with Crippen molar-refractivity contribution in [1.29, 1.82) is 0 Å². The van der Waals surface area contributed by atoms with Crippen LogP contribution in [0.3, 0.4) is 0 Å². The Bertz CT molecular complexity index is 858. The summed E-state index contributed by atoms with van der Waals surface area (Å²) in [4.78, 5) is 13.0. The van der Waals surface area contributed by atoms with Gasteiger partial charge in [0.05, 0.1) is 26.8 Å². The number of benzene rings is 1. The lowest BCUT2D eigenvalue weighted by atomic mass is 10.2. The van der Waals surface area contributed by atoms with Crippen molar-refractivity contribution < 1.29 is 4.79 Å². The van der Waals surface area contributed by atoms with Crippen molar-refractivity contribution in [3.05, 3.63) is 63.1 Å². The van der Waals surface area contributed by atoms with E-state index in [0.717, 1.165) is 10.6 Å². The Labute approximate surface area is 145 Å². The van der Waals surface area contributed by atoms with Crippen LogP contribution in [0.5, 0.6) is 0 Å². The molecule has 0 aliphatic rings. The number of aromatic amines is 1. The van der Waals surface area contributed by atoms with Crippen molar-refractivity contribution in [3.63, 3.8) is 0 Å². The van der Waals surface area contributed by atoms with E-state index in [1.807, 2.05) is 17.5 Å². The number of hydrogen-bond acceptors (Lipinski definition) is 4. The number of halogens is 2. The number of rotatable bonds is 4. The van der Waals surface area contributed by atoms with Crippen LogP contribution in [0.1, 0.15) is 16.1 Å². The quantitative estimate of drug-likeness (QED) is 0.537. The number of hydrogen-bond donors (Lipinski definition) is 2. The van der Waals surface area contributed by atoms with Crippen LogP contribution in [0.25, 0.3) is 10.6 Å². The Morgan fingerprint density at radius 2 is 2.17 bits per heavy atom. The smallest absolute Gasteiger partial charge is 0.276 e. The van der Waals surface area contributed by atoms with Crippen molar-refractivity contribution in [3.8, 4) is 10.6 Å². The molecule has 0 radical (unpaired) electrons. The van der Waals surface area contributed by atoms with Crippen LogP contribution in [-0.2, 0) is 0 Å². The second-order valence-corrected chi connectivity index (χ2v) is 6.22. The maximum atomic E-state index is 12.0. The molecule has 1 amide bonds. The van der Waals surface area contributed by atoms with E-state index in [9.17, 15) is 4.79 Å². The first-order chi connectivity index (χ1) is 11.1. The molecule has 0 spiro atoms. The summed E-state index contributed by atoms with van der Waals surface area (Å²) in [6.07, 6.45) is 1.43. The fourth-order valence-electron chi connectivity index (χ4n) is 1.83. The van der Waals surface area contributed by atoms with Crippen LogP contribution in [0.2, 0.25) is 10.0 Å². The Balaban J connectivity index is 1.68. The molecule has 0 aliphatic heterocycles. The molecule has 2 aromatic heterocycles. The van der Waals surface area contributed by atoms with Crippen LogP contribution in [0.4, 0.5) is 0 Å². The van der Waals surface area contributed by atoms with E-state index in [-0.39, 0.29) is 5.69 Å². The number of carbonyl (C=O) groups excluding carboxylic acids is 1. The van der Waals surface area contributed by atoms with Gasteiger partial charge in [-0.05, 0) is 23.6 Å². The first kappa shape index (κ1) is 15.7. The van der Waals surface area contributed by atoms with Gasteiger partial charge in [0.1, 0.15) is 0 Å². The van der Waals surface area contributed by atoms with Gasteiger partial charge in [-0.15, -0.1) is 11.3 Å². The van der Waals surface area contributed by atoms with Crippen molar-refractivity contribution in [2.24, 2.45) is 5.10 Å². The fourth-order valence-corrected chi connectivity index (χ4v) is 2.88. The molecule has 0 saturated heterocycles. The average Bonchev–Trinajstić information content (AvgIpc) is 3.21. The summed E-state index contributed by atoms with van der Waals surface area (Å²) < 4.78 is 0. The number of aromatic nitrogens is 2. The minimum atomic E-state index is -0.418. The highest BCUT2D eigenvalue weighted by atomic mass is 35.5. The average molecular weight is 365 g/mol. The van der Waals surface area contributed by atoms with Gasteiger partial charge < -0.3 is 0 Å². The Kier molecular flexibility index (Phi) is 4.76. The normalized spacial score (nSPS) is 11.0.